The summed E-state index contributed by atoms with van der Waals surface area (Å²) in [6.45, 7) is 6.16. The fourth-order valence-corrected chi connectivity index (χ4v) is 3.32. The average molecular weight is 392 g/mol. The van der Waals surface area contributed by atoms with Crippen molar-refractivity contribution in [1.29, 1.82) is 0 Å². The third kappa shape index (κ3) is 4.37. The first kappa shape index (κ1) is 18.9. The molecule has 2 aromatic heterocycles. The van der Waals surface area contributed by atoms with Crippen LogP contribution in [-0.2, 0) is 4.79 Å². The number of nitrogens with zero attached hydrogens (tertiary/aromatic N) is 5. The summed E-state index contributed by atoms with van der Waals surface area (Å²) < 4.78 is 7.40. The van der Waals surface area contributed by atoms with E-state index in [9.17, 15) is 4.79 Å². The smallest absolute Gasteiger partial charge is 0.226 e. The zero-order valence-electron chi connectivity index (χ0n) is 16.6. The molecule has 1 N–H and O–H groups in total. The Morgan fingerprint density at radius 2 is 1.90 bits per heavy atom. The lowest BCUT2D eigenvalue weighted by atomic mass is 9.99. The lowest BCUT2D eigenvalue weighted by Crippen LogP contribution is -2.54. The summed E-state index contributed by atoms with van der Waals surface area (Å²) in [4.78, 5) is 23.1. The predicted octanol–water partition coefficient (Wildman–Crippen LogP) is 1.91. The van der Waals surface area contributed by atoms with Crippen molar-refractivity contribution in [2.45, 2.75) is 13.8 Å². The van der Waals surface area contributed by atoms with Crippen LogP contribution < -0.4 is 15.0 Å². The zero-order chi connectivity index (χ0) is 20.2. The van der Waals surface area contributed by atoms with Gasteiger partial charge in [-0.2, -0.15) is 5.10 Å². The van der Waals surface area contributed by atoms with E-state index in [0.717, 1.165) is 28.8 Å². The van der Waals surface area contributed by atoms with Crippen molar-refractivity contribution < 1.29 is 9.53 Å². The van der Waals surface area contributed by atoms with Gasteiger partial charge in [-0.15, -0.1) is 0 Å². The van der Waals surface area contributed by atoms with Gasteiger partial charge in [0.25, 0.3) is 0 Å². The largest absolute Gasteiger partial charge is 0.492 e. The molecular formula is C21H24N6O2. The summed E-state index contributed by atoms with van der Waals surface area (Å²) in [6, 6.07) is 13.5. The molecule has 1 aromatic carbocycles. The first-order valence-electron chi connectivity index (χ1n) is 9.66. The van der Waals surface area contributed by atoms with Gasteiger partial charge in [0.1, 0.15) is 24.5 Å². The van der Waals surface area contributed by atoms with Crippen LogP contribution >= 0.6 is 0 Å². The molecule has 4 rings (SSSR count). The number of amides is 1. The second-order valence-electron chi connectivity index (χ2n) is 7.13. The van der Waals surface area contributed by atoms with Crippen LogP contribution in [0.15, 0.2) is 48.8 Å². The quantitative estimate of drug-likeness (QED) is 0.619. The molecule has 3 aromatic rings. The van der Waals surface area contributed by atoms with E-state index in [1.165, 1.54) is 6.33 Å². The Bertz CT molecular complexity index is 982. The Morgan fingerprint density at radius 3 is 2.62 bits per heavy atom. The van der Waals surface area contributed by atoms with Crippen molar-refractivity contribution in [3.63, 3.8) is 0 Å². The van der Waals surface area contributed by atoms with Crippen molar-refractivity contribution in [2.24, 2.45) is 5.92 Å². The Hall–Kier alpha value is -3.42. The minimum absolute atomic E-state index is 0.0428. The van der Waals surface area contributed by atoms with E-state index in [1.54, 1.807) is 4.68 Å². The molecule has 0 radical (unpaired) electrons. The molecule has 8 heteroatoms. The first-order valence-corrected chi connectivity index (χ1v) is 9.66. The average Bonchev–Trinajstić information content (AvgIpc) is 3.03. The van der Waals surface area contributed by atoms with Crippen molar-refractivity contribution in [3.8, 4) is 11.6 Å². The minimum atomic E-state index is -0.0428. The van der Waals surface area contributed by atoms with Gasteiger partial charge in [0, 0.05) is 24.8 Å². The van der Waals surface area contributed by atoms with Gasteiger partial charge in [0.2, 0.25) is 5.91 Å². The number of nitrogens with one attached hydrogen (secondary N) is 1. The van der Waals surface area contributed by atoms with Gasteiger partial charge in [-0.1, -0.05) is 18.2 Å². The number of carbonyl (C=O) groups is 1. The lowest BCUT2D eigenvalue weighted by molar-refractivity contribution is -0.125. The fourth-order valence-electron chi connectivity index (χ4n) is 3.32. The maximum absolute atomic E-state index is 12.3. The summed E-state index contributed by atoms with van der Waals surface area (Å²) in [5.41, 5.74) is 1.96. The number of anilines is 1. The summed E-state index contributed by atoms with van der Waals surface area (Å²) in [5, 5.41) is 7.40. The number of aromatic nitrogens is 4. The highest BCUT2D eigenvalue weighted by molar-refractivity contribution is 5.81. The van der Waals surface area contributed by atoms with E-state index in [2.05, 4.69) is 25.3 Å². The molecule has 1 aliphatic heterocycles. The molecule has 1 saturated heterocycles. The summed E-state index contributed by atoms with van der Waals surface area (Å²) in [7, 11) is 0. The van der Waals surface area contributed by atoms with Crippen molar-refractivity contribution in [1.82, 2.24) is 25.1 Å². The van der Waals surface area contributed by atoms with E-state index < -0.39 is 0 Å². The highest BCUT2D eigenvalue weighted by atomic mass is 16.5. The van der Waals surface area contributed by atoms with E-state index in [0.29, 0.717) is 26.2 Å². The van der Waals surface area contributed by atoms with Gasteiger partial charge in [-0.05, 0) is 32.0 Å². The van der Waals surface area contributed by atoms with Gasteiger partial charge in [-0.25, -0.2) is 14.6 Å². The topological polar surface area (TPSA) is 85.2 Å². The van der Waals surface area contributed by atoms with Crippen LogP contribution in [0.5, 0.6) is 5.75 Å². The monoisotopic (exact) mass is 392 g/mol. The van der Waals surface area contributed by atoms with Crippen molar-refractivity contribution in [2.75, 3.05) is 31.1 Å². The number of ether oxygens (including phenoxy) is 1. The molecule has 8 nitrogen and oxygen atoms in total. The molecular weight excluding hydrogens is 368 g/mol. The second-order valence-corrected chi connectivity index (χ2v) is 7.13. The van der Waals surface area contributed by atoms with Gasteiger partial charge in [-0.3, -0.25) is 4.79 Å². The Labute approximate surface area is 169 Å². The third-order valence-electron chi connectivity index (χ3n) is 4.85. The molecule has 0 unspecified atom stereocenters. The Morgan fingerprint density at radius 1 is 1.14 bits per heavy atom. The van der Waals surface area contributed by atoms with Crippen LogP contribution in [0.2, 0.25) is 0 Å². The number of hydrogen-bond donors (Lipinski definition) is 1. The maximum Gasteiger partial charge on any atom is 0.226 e. The normalized spacial score (nSPS) is 13.8. The van der Waals surface area contributed by atoms with Crippen molar-refractivity contribution >= 4 is 11.7 Å². The maximum atomic E-state index is 12.3. The molecule has 1 aliphatic rings. The number of para-hydroxylation sites is 1. The molecule has 0 bridgehead atoms. The minimum Gasteiger partial charge on any atom is -0.492 e. The molecule has 1 fully saturated rings. The SMILES string of the molecule is Cc1cc(C)n(-c2cc(N3CC(C(=O)NCCOc4ccccc4)C3)ncn2)n1. The second kappa shape index (κ2) is 8.30. The summed E-state index contributed by atoms with van der Waals surface area (Å²) >= 11 is 0. The lowest BCUT2D eigenvalue weighted by Gasteiger charge is -2.39. The van der Waals surface area contributed by atoms with Crippen LogP contribution in [0.4, 0.5) is 5.82 Å². The molecule has 3 heterocycles. The fraction of sp³-hybridized carbons (Fsp3) is 0.333. The summed E-state index contributed by atoms with van der Waals surface area (Å²) in [6.07, 6.45) is 1.54. The Balaban J connectivity index is 1.26. The van der Waals surface area contributed by atoms with E-state index >= 15 is 0 Å². The number of hydrogen-bond acceptors (Lipinski definition) is 6. The Kier molecular flexibility index (Phi) is 5.41. The van der Waals surface area contributed by atoms with Crippen molar-refractivity contribution in [3.05, 3.63) is 60.2 Å². The first-order chi connectivity index (χ1) is 14.1. The van der Waals surface area contributed by atoms with Crippen LogP contribution in [-0.4, -0.2) is 51.9 Å². The number of carbonyl (C=O) groups excluding carboxylic acids is 1. The van der Waals surface area contributed by atoms with E-state index in [1.807, 2.05) is 56.3 Å². The molecule has 0 aliphatic carbocycles. The van der Waals surface area contributed by atoms with Crippen LogP contribution in [0, 0.1) is 19.8 Å². The number of aryl methyl sites for hydroxylation is 2. The molecule has 29 heavy (non-hydrogen) atoms. The van der Waals surface area contributed by atoms with Crippen LogP contribution in [0.1, 0.15) is 11.4 Å². The van der Waals surface area contributed by atoms with Gasteiger partial charge >= 0.3 is 0 Å². The molecule has 0 saturated carbocycles. The zero-order valence-corrected chi connectivity index (χ0v) is 16.6. The van der Waals surface area contributed by atoms with Gasteiger partial charge in [0.05, 0.1) is 18.2 Å². The van der Waals surface area contributed by atoms with Gasteiger partial charge < -0.3 is 15.0 Å². The van der Waals surface area contributed by atoms with Crippen LogP contribution in [0.25, 0.3) is 5.82 Å². The molecule has 0 spiro atoms. The summed E-state index contributed by atoms with van der Waals surface area (Å²) in [5.74, 6) is 2.34. The number of benzene rings is 1. The standard InChI is InChI=1S/C21H24N6O2/c1-15-10-16(2)27(25-15)20-11-19(23-14-24-20)26-12-17(13-26)21(28)22-8-9-29-18-6-4-3-5-7-18/h3-7,10-11,14,17H,8-9,12-13H2,1-2H3,(H,22,28). The van der Waals surface area contributed by atoms with Crippen LogP contribution in [0.3, 0.4) is 0 Å². The van der Waals surface area contributed by atoms with Gasteiger partial charge in [0.15, 0.2) is 5.82 Å². The van der Waals surface area contributed by atoms with E-state index in [4.69, 9.17) is 4.74 Å². The van der Waals surface area contributed by atoms with E-state index in [-0.39, 0.29) is 11.8 Å². The number of rotatable bonds is 7. The predicted molar refractivity (Wildman–Crippen MR) is 109 cm³/mol. The highest BCUT2D eigenvalue weighted by Gasteiger charge is 2.33. The highest BCUT2D eigenvalue weighted by Crippen LogP contribution is 2.24. The molecule has 1 amide bonds. The molecule has 0 atom stereocenters. The molecule has 150 valence electrons. The third-order valence-corrected chi connectivity index (χ3v) is 4.85.